The largest absolute Gasteiger partial charge is 0.329 e. The highest BCUT2D eigenvalue weighted by molar-refractivity contribution is 7.07. The lowest BCUT2D eigenvalue weighted by atomic mass is 9.97. The maximum atomic E-state index is 5.98. The van der Waals surface area contributed by atoms with Gasteiger partial charge in [-0.3, -0.25) is 4.90 Å². The van der Waals surface area contributed by atoms with E-state index in [1.54, 1.807) is 11.3 Å². The van der Waals surface area contributed by atoms with Gasteiger partial charge in [0.05, 0.1) is 0 Å². The van der Waals surface area contributed by atoms with E-state index in [1.165, 1.54) is 16.7 Å². The van der Waals surface area contributed by atoms with Crippen molar-refractivity contribution in [3.63, 3.8) is 0 Å². The molecule has 0 aliphatic carbocycles. The van der Waals surface area contributed by atoms with Crippen molar-refractivity contribution < 1.29 is 0 Å². The quantitative estimate of drug-likeness (QED) is 0.917. The van der Waals surface area contributed by atoms with Crippen LogP contribution in [0.4, 0.5) is 0 Å². The highest BCUT2D eigenvalue weighted by atomic mass is 32.1. The Bertz CT molecular complexity index is 507. The summed E-state index contributed by atoms with van der Waals surface area (Å²) in [4.78, 5) is 2.50. The number of nitrogens with two attached hydrogens (primary N) is 1. The first kappa shape index (κ1) is 11.9. The molecule has 2 N–H and O–H groups in total. The lowest BCUT2D eigenvalue weighted by Gasteiger charge is -2.34. The zero-order chi connectivity index (χ0) is 12.4. The van der Waals surface area contributed by atoms with E-state index in [0.29, 0.717) is 12.6 Å². The second-order valence-electron chi connectivity index (χ2n) is 4.80. The Labute approximate surface area is 112 Å². The molecule has 1 aromatic heterocycles. The zero-order valence-corrected chi connectivity index (χ0v) is 11.2. The van der Waals surface area contributed by atoms with Crippen LogP contribution in [0, 0.1) is 0 Å². The molecule has 1 atom stereocenters. The molecule has 0 bridgehead atoms. The number of hydrogen-bond acceptors (Lipinski definition) is 3. The third-order valence-corrected chi connectivity index (χ3v) is 4.45. The number of hydrogen-bond donors (Lipinski definition) is 1. The molecule has 0 amide bonds. The molecule has 0 saturated carbocycles. The van der Waals surface area contributed by atoms with E-state index >= 15 is 0 Å². The zero-order valence-electron chi connectivity index (χ0n) is 10.4. The number of benzene rings is 1. The summed E-state index contributed by atoms with van der Waals surface area (Å²) in [6.45, 7) is 2.82. The molecule has 0 radical (unpaired) electrons. The van der Waals surface area contributed by atoms with E-state index in [-0.39, 0.29) is 0 Å². The Balaban J connectivity index is 1.82. The predicted octanol–water partition coefficient (Wildman–Crippen LogP) is 2.81. The summed E-state index contributed by atoms with van der Waals surface area (Å²) < 4.78 is 0. The van der Waals surface area contributed by atoms with Crippen LogP contribution in [0.25, 0.3) is 0 Å². The fourth-order valence-electron chi connectivity index (χ4n) is 2.74. The van der Waals surface area contributed by atoms with Gasteiger partial charge in [0.25, 0.3) is 0 Å². The minimum absolute atomic E-state index is 0.365. The van der Waals surface area contributed by atoms with E-state index in [0.717, 1.165) is 19.5 Å². The summed E-state index contributed by atoms with van der Waals surface area (Å²) in [6.07, 6.45) is 1.14. The van der Waals surface area contributed by atoms with Gasteiger partial charge < -0.3 is 5.73 Å². The van der Waals surface area contributed by atoms with Crippen LogP contribution in [-0.2, 0) is 13.0 Å². The molecular weight excluding hydrogens is 240 g/mol. The lowest BCUT2D eigenvalue weighted by Crippen LogP contribution is -2.37. The molecule has 94 valence electrons. The molecule has 1 aromatic carbocycles. The highest BCUT2D eigenvalue weighted by Gasteiger charge is 2.23. The summed E-state index contributed by atoms with van der Waals surface area (Å²) >= 11 is 1.75. The summed E-state index contributed by atoms with van der Waals surface area (Å²) in [5, 5.41) is 4.36. The third kappa shape index (κ3) is 2.21. The molecule has 0 fully saturated rings. The van der Waals surface area contributed by atoms with Crippen LogP contribution in [0.3, 0.4) is 0 Å². The molecule has 1 aliphatic rings. The molecule has 3 heteroatoms. The van der Waals surface area contributed by atoms with Gasteiger partial charge in [0.1, 0.15) is 0 Å². The smallest absolute Gasteiger partial charge is 0.0482 e. The van der Waals surface area contributed by atoms with Crippen LogP contribution in [0.1, 0.15) is 22.7 Å². The van der Waals surface area contributed by atoms with Crippen LogP contribution < -0.4 is 5.73 Å². The van der Waals surface area contributed by atoms with Gasteiger partial charge in [-0.25, -0.2) is 0 Å². The molecule has 1 unspecified atom stereocenters. The highest BCUT2D eigenvalue weighted by Crippen LogP contribution is 2.28. The van der Waals surface area contributed by atoms with Crippen LogP contribution in [0.2, 0.25) is 0 Å². The number of rotatable bonds is 3. The fourth-order valence-corrected chi connectivity index (χ4v) is 3.45. The number of fused-ring (bicyclic) bond motifs is 1. The third-order valence-electron chi connectivity index (χ3n) is 3.75. The average molecular weight is 258 g/mol. The number of nitrogens with zero attached hydrogens (tertiary/aromatic N) is 1. The van der Waals surface area contributed by atoms with E-state index < -0.39 is 0 Å². The SMILES string of the molecule is NCC(c1ccsc1)N1CCc2ccccc2C1. The van der Waals surface area contributed by atoms with Crippen molar-refractivity contribution in [1.29, 1.82) is 0 Å². The van der Waals surface area contributed by atoms with E-state index in [2.05, 4.69) is 46.0 Å². The minimum Gasteiger partial charge on any atom is -0.329 e. The second kappa shape index (κ2) is 5.22. The van der Waals surface area contributed by atoms with E-state index in [9.17, 15) is 0 Å². The average Bonchev–Trinajstić information content (AvgIpc) is 2.93. The lowest BCUT2D eigenvalue weighted by molar-refractivity contribution is 0.184. The van der Waals surface area contributed by atoms with Gasteiger partial charge in [0, 0.05) is 25.7 Å². The summed E-state index contributed by atoms with van der Waals surface area (Å²) in [7, 11) is 0. The van der Waals surface area contributed by atoms with Crippen molar-refractivity contribution in [3.05, 3.63) is 57.8 Å². The molecule has 2 nitrogen and oxygen atoms in total. The molecule has 1 aliphatic heterocycles. The summed E-state index contributed by atoms with van der Waals surface area (Å²) in [6, 6.07) is 11.3. The molecule has 2 heterocycles. The van der Waals surface area contributed by atoms with Crippen LogP contribution >= 0.6 is 11.3 Å². The van der Waals surface area contributed by atoms with Gasteiger partial charge in [0.15, 0.2) is 0 Å². The van der Waals surface area contributed by atoms with Gasteiger partial charge in [-0.1, -0.05) is 24.3 Å². The second-order valence-corrected chi connectivity index (χ2v) is 5.58. The van der Waals surface area contributed by atoms with Gasteiger partial charge in [-0.2, -0.15) is 11.3 Å². The maximum Gasteiger partial charge on any atom is 0.0482 e. The van der Waals surface area contributed by atoms with Crippen molar-refractivity contribution >= 4 is 11.3 Å². The first-order valence-corrected chi connectivity index (χ1v) is 7.36. The Morgan fingerprint density at radius 2 is 2.06 bits per heavy atom. The number of thiophene rings is 1. The molecule has 3 rings (SSSR count). The van der Waals surface area contributed by atoms with Crippen molar-refractivity contribution in [2.75, 3.05) is 13.1 Å². The van der Waals surface area contributed by atoms with Gasteiger partial charge >= 0.3 is 0 Å². The summed E-state index contributed by atoms with van der Waals surface area (Å²) in [5.74, 6) is 0. The Hall–Kier alpha value is -1.16. The normalized spacial score (nSPS) is 17.4. The Morgan fingerprint density at radius 1 is 1.22 bits per heavy atom. The van der Waals surface area contributed by atoms with Crippen molar-refractivity contribution in [2.45, 2.75) is 19.0 Å². The Morgan fingerprint density at radius 3 is 2.78 bits per heavy atom. The standard InChI is InChI=1S/C15H18N2S/c16-9-15(14-6-8-18-11-14)17-7-5-12-3-1-2-4-13(12)10-17/h1-4,6,8,11,15H,5,7,9-10,16H2. The maximum absolute atomic E-state index is 5.98. The van der Waals surface area contributed by atoms with Gasteiger partial charge in [-0.05, 0) is 39.9 Å². The Kier molecular flexibility index (Phi) is 3.46. The van der Waals surface area contributed by atoms with Gasteiger partial charge in [-0.15, -0.1) is 0 Å². The molecule has 0 spiro atoms. The molecule has 18 heavy (non-hydrogen) atoms. The van der Waals surface area contributed by atoms with Crippen molar-refractivity contribution in [3.8, 4) is 0 Å². The van der Waals surface area contributed by atoms with Crippen LogP contribution in [0.5, 0.6) is 0 Å². The van der Waals surface area contributed by atoms with Gasteiger partial charge in [0.2, 0.25) is 0 Å². The minimum atomic E-state index is 0.365. The van der Waals surface area contributed by atoms with Crippen LogP contribution in [-0.4, -0.2) is 18.0 Å². The monoisotopic (exact) mass is 258 g/mol. The fraction of sp³-hybridized carbons (Fsp3) is 0.333. The van der Waals surface area contributed by atoms with E-state index in [1.807, 2.05) is 0 Å². The first-order chi connectivity index (χ1) is 8.88. The molecule has 0 saturated heterocycles. The predicted molar refractivity (Wildman–Crippen MR) is 76.7 cm³/mol. The topological polar surface area (TPSA) is 29.3 Å². The van der Waals surface area contributed by atoms with Crippen molar-refractivity contribution in [2.24, 2.45) is 5.73 Å². The summed E-state index contributed by atoms with van der Waals surface area (Å²) in [5.41, 5.74) is 10.3. The van der Waals surface area contributed by atoms with Crippen LogP contribution in [0.15, 0.2) is 41.1 Å². The van der Waals surface area contributed by atoms with Crippen molar-refractivity contribution in [1.82, 2.24) is 4.90 Å². The molecular formula is C15H18N2S. The van der Waals surface area contributed by atoms with E-state index in [4.69, 9.17) is 5.73 Å². The first-order valence-electron chi connectivity index (χ1n) is 6.41. The molecule has 2 aromatic rings.